The highest BCUT2D eigenvalue weighted by atomic mass is 19.4. The first-order valence-electron chi connectivity index (χ1n) is 7.46. The highest BCUT2D eigenvalue weighted by Crippen LogP contribution is 2.40. The number of alkyl halides is 6. The van der Waals surface area contributed by atoms with Crippen molar-refractivity contribution in [2.75, 3.05) is 13.6 Å². The van der Waals surface area contributed by atoms with Gasteiger partial charge in [0.2, 0.25) is 0 Å². The lowest BCUT2D eigenvalue weighted by Crippen LogP contribution is -2.43. The molecule has 0 radical (unpaired) electrons. The average molecular weight is 368 g/mol. The molecule has 1 fully saturated rings. The van der Waals surface area contributed by atoms with Crippen molar-refractivity contribution < 1.29 is 31.1 Å². The van der Waals surface area contributed by atoms with Gasteiger partial charge in [0.15, 0.2) is 0 Å². The zero-order valence-electron chi connectivity index (χ0n) is 14.1. The van der Waals surface area contributed by atoms with Gasteiger partial charge in [-0.2, -0.15) is 26.3 Å². The van der Waals surface area contributed by atoms with Crippen LogP contribution in [0.15, 0.2) is 18.2 Å². The fourth-order valence-electron chi connectivity index (χ4n) is 2.76. The smallest absolute Gasteiger partial charge is 0.319 e. The monoisotopic (exact) mass is 368 g/mol. The third-order valence-corrected chi connectivity index (χ3v) is 4.16. The van der Waals surface area contributed by atoms with E-state index >= 15 is 0 Å². The molecule has 0 N–H and O–H groups in total. The SMILES string of the molecule is CN1C(=O)N(C(C)(C)C)CC1c1cc(C(F)(F)F)cc(C(F)(F)F)c1. The number of rotatable bonds is 1. The highest BCUT2D eigenvalue weighted by Gasteiger charge is 2.43. The van der Waals surface area contributed by atoms with Crippen LogP contribution in [0.4, 0.5) is 31.1 Å². The summed E-state index contributed by atoms with van der Waals surface area (Å²) in [6.07, 6.45) is -9.83. The zero-order valence-corrected chi connectivity index (χ0v) is 14.1. The number of halogens is 6. The van der Waals surface area contributed by atoms with E-state index in [0.29, 0.717) is 12.1 Å². The Morgan fingerprint density at radius 1 is 0.920 bits per heavy atom. The van der Waals surface area contributed by atoms with Crippen LogP contribution in [0.2, 0.25) is 0 Å². The summed E-state index contributed by atoms with van der Waals surface area (Å²) in [6.45, 7) is 5.24. The van der Waals surface area contributed by atoms with Gasteiger partial charge in [0.05, 0.1) is 17.2 Å². The van der Waals surface area contributed by atoms with E-state index in [1.54, 1.807) is 20.8 Å². The summed E-state index contributed by atoms with van der Waals surface area (Å²) in [4.78, 5) is 14.9. The van der Waals surface area contributed by atoms with E-state index in [9.17, 15) is 31.1 Å². The lowest BCUT2D eigenvalue weighted by molar-refractivity contribution is -0.143. The molecule has 0 aromatic heterocycles. The Hall–Kier alpha value is -1.93. The third kappa shape index (κ3) is 3.85. The summed E-state index contributed by atoms with van der Waals surface area (Å²) >= 11 is 0. The van der Waals surface area contributed by atoms with E-state index in [-0.39, 0.29) is 18.2 Å². The molecule has 0 saturated carbocycles. The summed E-state index contributed by atoms with van der Waals surface area (Å²) in [7, 11) is 1.37. The van der Waals surface area contributed by atoms with Gasteiger partial charge in [0.25, 0.3) is 0 Å². The van der Waals surface area contributed by atoms with E-state index in [4.69, 9.17) is 0 Å². The maximum Gasteiger partial charge on any atom is 0.416 e. The molecule has 3 nitrogen and oxygen atoms in total. The molecule has 1 aromatic carbocycles. The molecule has 2 rings (SSSR count). The van der Waals surface area contributed by atoms with Gasteiger partial charge in [0, 0.05) is 19.1 Å². The fraction of sp³-hybridized carbons (Fsp3) is 0.562. The lowest BCUT2D eigenvalue weighted by Gasteiger charge is -2.31. The second-order valence-corrected chi connectivity index (χ2v) is 7.03. The topological polar surface area (TPSA) is 23.6 Å². The maximum absolute atomic E-state index is 13.0. The summed E-state index contributed by atoms with van der Waals surface area (Å²) in [5, 5.41) is 0. The molecule has 1 aliphatic heterocycles. The Morgan fingerprint density at radius 2 is 1.36 bits per heavy atom. The standard InChI is InChI=1S/C16H18F6N2O/c1-14(2,3)24-8-12(23(4)13(24)25)9-5-10(15(17,18)19)7-11(6-9)16(20,21)22/h5-7,12H,8H2,1-4H3. The summed E-state index contributed by atoms with van der Waals surface area (Å²) in [5.41, 5.74) is -3.56. The Balaban J connectivity index is 2.54. The Kier molecular flexibility index (Phi) is 4.51. The van der Waals surface area contributed by atoms with Gasteiger partial charge in [-0.1, -0.05) is 0 Å². The van der Waals surface area contributed by atoms with E-state index < -0.39 is 41.1 Å². The lowest BCUT2D eigenvalue weighted by atomic mass is 9.98. The van der Waals surface area contributed by atoms with Crippen LogP contribution in [0.5, 0.6) is 0 Å². The van der Waals surface area contributed by atoms with Crippen LogP contribution in [0.3, 0.4) is 0 Å². The van der Waals surface area contributed by atoms with Crippen LogP contribution in [0.25, 0.3) is 0 Å². The van der Waals surface area contributed by atoms with Gasteiger partial charge in [-0.3, -0.25) is 0 Å². The molecule has 0 spiro atoms. The molecule has 2 amide bonds. The zero-order chi connectivity index (χ0) is 19.4. The predicted molar refractivity (Wildman–Crippen MR) is 78.8 cm³/mol. The molecule has 1 atom stereocenters. The largest absolute Gasteiger partial charge is 0.416 e. The molecular weight excluding hydrogens is 350 g/mol. The van der Waals surface area contributed by atoms with Crippen LogP contribution in [0, 0.1) is 0 Å². The van der Waals surface area contributed by atoms with Crippen molar-refractivity contribution >= 4 is 6.03 Å². The van der Waals surface area contributed by atoms with E-state index in [1.807, 2.05) is 0 Å². The molecule has 140 valence electrons. The van der Waals surface area contributed by atoms with Gasteiger partial charge < -0.3 is 9.80 Å². The molecule has 1 unspecified atom stereocenters. The van der Waals surface area contributed by atoms with Gasteiger partial charge in [-0.05, 0) is 44.5 Å². The Labute approximate surface area is 141 Å². The second kappa shape index (κ2) is 5.81. The summed E-state index contributed by atoms with van der Waals surface area (Å²) < 4.78 is 78.0. The van der Waals surface area contributed by atoms with Gasteiger partial charge in [-0.15, -0.1) is 0 Å². The summed E-state index contributed by atoms with van der Waals surface area (Å²) in [6, 6.07) is 0.103. The van der Waals surface area contributed by atoms with E-state index in [1.165, 1.54) is 16.8 Å². The van der Waals surface area contributed by atoms with Crippen molar-refractivity contribution in [2.24, 2.45) is 0 Å². The first-order valence-corrected chi connectivity index (χ1v) is 7.46. The third-order valence-electron chi connectivity index (χ3n) is 4.16. The second-order valence-electron chi connectivity index (χ2n) is 7.03. The number of amides is 2. The minimum absolute atomic E-state index is 0.0114. The van der Waals surface area contributed by atoms with Crippen molar-refractivity contribution in [2.45, 2.75) is 44.7 Å². The van der Waals surface area contributed by atoms with Gasteiger partial charge in [-0.25, -0.2) is 4.79 Å². The van der Waals surface area contributed by atoms with Crippen LogP contribution >= 0.6 is 0 Å². The molecule has 1 aliphatic rings. The first-order chi connectivity index (χ1) is 11.1. The minimum atomic E-state index is -4.92. The molecular formula is C16H18F6N2O. The molecule has 9 heteroatoms. The van der Waals surface area contributed by atoms with Crippen LogP contribution in [-0.2, 0) is 12.4 Å². The Morgan fingerprint density at radius 3 is 1.68 bits per heavy atom. The number of benzene rings is 1. The molecule has 0 aliphatic carbocycles. The number of hydrogen-bond donors (Lipinski definition) is 0. The number of hydrogen-bond acceptors (Lipinski definition) is 1. The number of carbonyl (C=O) groups is 1. The quantitative estimate of drug-likeness (QED) is 0.645. The molecule has 25 heavy (non-hydrogen) atoms. The van der Waals surface area contributed by atoms with Crippen molar-refractivity contribution in [3.8, 4) is 0 Å². The number of carbonyl (C=O) groups excluding carboxylic acids is 1. The maximum atomic E-state index is 13.0. The summed E-state index contributed by atoms with van der Waals surface area (Å²) in [5.74, 6) is 0. The molecule has 0 bridgehead atoms. The van der Waals surface area contributed by atoms with Gasteiger partial charge in [0.1, 0.15) is 0 Å². The van der Waals surface area contributed by atoms with Crippen molar-refractivity contribution in [1.82, 2.24) is 9.80 Å². The van der Waals surface area contributed by atoms with Crippen molar-refractivity contribution in [3.63, 3.8) is 0 Å². The molecule has 1 aromatic rings. The Bertz CT molecular complexity index is 642. The predicted octanol–water partition coefficient (Wildman–Crippen LogP) is 4.93. The number of likely N-dealkylation sites (N-methyl/N-ethyl adjacent to an activating group) is 1. The number of urea groups is 1. The average Bonchev–Trinajstić information content (AvgIpc) is 2.73. The van der Waals surface area contributed by atoms with Crippen LogP contribution < -0.4 is 0 Å². The van der Waals surface area contributed by atoms with Crippen molar-refractivity contribution in [1.29, 1.82) is 0 Å². The van der Waals surface area contributed by atoms with Crippen molar-refractivity contribution in [3.05, 3.63) is 34.9 Å². The minimum Gasteiger partial charge on any atom is -0.319 e. The first kappa shape index (κ1) is 19.4. The molecule has 1 heterocycles. The van der Waals surface area contributed by atoms with Crippen LogP contribution in [0.1, 0.15) is 43.5 Å². The van der Waals surface area contributed by atoms with Crippen LogP contribution in [-0.4, -0.2) is 35.0 Å². The number of nitrogens with zero attached hydrogens (tertiary/aromatic N) is 2. The van der Waals surface area contributed by atoms with E-state index in [2.05, 4.69) is 0 Å². The normalized spacial score (nSPS) is 19.8. The highest BCUT2D eigenvalue weighted by molar-refractivity contribution is 5.78. The van der Waals surface area contributed by atoms with E-state index in [0.717, 1.165) is 0 Å². The molecule has 1 saturated heterocycles. The fourth-order valence-corrected chi connectivity index (χ4v) is 2.76. The van der Waals surface area contributed by atoms with Gasteiger partial charge >= 0.3 is 18.4 Å².